The SMILES string of the molecule is s1sc2ssc12. The summed E-state index contributed by atoms with van der Waals surface area (Å²) in [5.74, 6) is 0. The van der Waals surface area contributed by atoms with E-state index in [0.29, 0.717) is 0 Å². The normalized spacial score (nSPS) is 11.3. The molecule has 0 unspecified atom stereocenters. The van der Waals surface area contributed by atoms with Crippen molar-refractivity contribution in [3.05, 3.63) is 0 Å². The summed E-state index contributed by atoms with van der Waals surface area (Å²) in [6.07, 6.45) is 0. The highest BCUT2D eigenvalue weighted by Crippen LogP contribution is 2.44. The molecule has 0 saturated carbocycles. The fourth-order valence-corrected chi connectivity index (χ4v) is 6.67. The van der Waals surface area contributed by atoms with Gasteiger partial charge in [0.25, 0.3) is 0 Å². The molecular weight excluding hydrogens is 152 g/mol. The van der Waals surface area contributed by atoms with E-state index in [9.17, 15) is 0 Å². The van der Waals surface area contributed by atoms with Crippen molar-refractivity contribution >= 4 is 49.4 Å². The average Bonchev–Trinajstić information content (AvgIpc) is 1.54. The molecule has 0 spiro atoms. The van der Waals surface area contributed by atoms with E-state index < -0.39 is 0 Å². The average molecular weight is 152 g/mol. The largest absolute Gasteiger partial charge is 0.130 e. The third-order valence-electron chi connectivity index (χ3n) is 0.553. The first-order valence-electron chi connectivity index (χ1n) is 1.40. The molecule has 6 heavy (non-hydrogen) atoms. The summed E-state index contributed by atoms with van der Waals surface area (Å²) in [5, 5.41) is 0. The van der Waals surface area contributed by atoms with E-state index in [2.05, 4.69) is 0 Å². The standard InChI is InChI=1S/C2S4/c3-1-2(5-3)6-4-1. The van der Waals surface area contributed by atoms with Crippen LogP contribution in [0.15, 0.2) is 0 Å². The van der Waals surface area contributed by atoms with E-state index in [1.165, 1.54) is 0 Å². The number of fused-ring (bicyclic) bond motifs is 1. The predicted molar refractivity (Wildman–Crippen MR) is 35.5 cm³/mol. The molecule has 32 valence electrons. The zero-order valence-corrected chi connectivity index (χ0v) is 5.90. The summed E-state index contributed by atoms with van der Waals surface area (Å²) in [4.78, 5) is 0. The summed E-state index contributed by atoms with van der Waals surface area (Å²) in [7, 11) is 7.57. The molecule has 2 aromatic rings. The molecule has 0 aliphatic carbocycles. The zero-order chi connectivity index (χ0) is 3.98. The van der Waals surface area contributed by atoms with Gasteiger partial charge in [-0.1, -0.05) is 41.4 Å². The van der Waals surface area contributed by atoms with Crippen LogP contribution in [-0.4, -0.2) is 0 Å². The second-order valence-electron chi connectivity index (χ2n) is 0.908. The van der Waals surface area contributed by atoms with E-state index in [1.54, 1.807) is 8.03 Å². The van der Waals surface area contributed by atoms with Crippen LogP contribution in [0, 0.1) is 0 Å². The molecule has 2 aromatic heterocycles. The van der Waals surface area contributed by atoms with Gasteiger partial charge in [-0.3, -0.25) is 0 Å². The topological polar surface area (TPSA) is 0 Å². The number of hydrogen-bond donors (Lipinski definition) is 0. The Labute approximate surface area is 49.4 Å². The van der Waals surface area contributed by atoms with Gasteiger partial charge < -0.3 is 0 Å². The Hall–Kier alpha value is 0.620. The van der Waals surface area contributed by atoms with Gasteiger partial charge >= 0.3 is 0 Å². The monoisotopic (exact) mass is 152 g/mol. The Morgan fingerprint density at radius 1 is 0.667 bits per heavy atom. The predicted octanol–water partition coefficient (Wildman–Crippen LogP) is 3.09. The Balaban J connectivity index is 3.04. The molecule has 2 rings (SSSR count). The lowest BCUT2D eigenvalue weighted by Crippen LogP contribution is -1.52. The maximum absolute atomic E-state index is 1.89. The van der Waals surface area contributed by atoms with Gasteiger partial charge in [0.15, 0.2) is 0 Å². The lowest BCUT2D eigenvalue weighted by Gasteiger charge is -1.94. The van der Waals surface area contributed by atoms with Crippen molar-refractivity contribution in [3.63, 3.8) is 0 Å². The van der Waals surface area contributed by atoms with Gasteiger partial charge in [0, 0.05) is 0 Å². The summed E-state index contributed by atoms with van der Waals surface area (Å²) in [5.41, 5.74) is 0. The minimum absolute atomic E-state index is 1.55. The van der Waals surface area contributed by atoms with Crippen molar-refractivity contribution in [2.75, 3.05) is 0 Å². The number of rotatable bonds is 0. The van der Waals surface area contributed by atoms with E-state index in [1.807, 2.05) is 41.4 Å². The van der Waals surface area contributed by atoms with Crippen molar-refractivity contribution in [2.24, 2.45) is 0 Å². The van der Waals surface area contributed by atoms with Gasteiger partial charge in [0.1, 0.15) is 8.03 Å². The molecule has 2 heterocycles. The first-order chi connectivity index (χ1) is 2.97. The van der Waals surface area contributed by atoms with Crippen LogP contribution in [0.25, 0.3) is 8.03 Å². The van der Waals surface area contributed by atoms with E-state index in [0.717, 1.165) is 0 Å². The van der Waals surface area contributed by atoms with Crippen molar-refractivity contribution in [1.29, 1.82) is 0 Å². The fraction of sp³-hybridized carbons (Fsp3) is 0. The molecule has 0 bridgehead atoms. The maximum atomic E-state index is 1.89. The van der Waals surface area contributed by atoms with Crippen molar-refractivity contribution in [3.8, 4) is 0 Å². The minimum atomic E-state index is 1.55. The minimum Gasteiger partial charge on any atom is -0.0648 e. The van der Waals surface area contributed by atoms with Crippen LogP contribution >= 0.6 is 41.4 Å². The molecule has 4 heteroatoms. The van der Waals surface area contributed by atoms with Crippen LogP contribution in [0.5, 0.6) is 0 Å². The Morgan fingerprint density at radius 2 is 1.00 bits per heavy atom. The summed E-state index contributed by atoms with van der Waals surface area (Å²) < 4.78 is 3.09. The lowest BCUT2D eigenvalue weighted by atomic mass is 11.1. The molecule has 0 aliphatic heterocycles. The van der Waals surface area contributed by atoms with E-state index in [-0.39, 0.29) is 0 Å². The molecule has 0 atom stereocenters. The molecule has 0 nitrogen and oxygen atoms in total. The van der Waals surface area contributed by atoms with Crippen molar-refractivity contribution in [1.82, 2.24) is 0 Å². The molecule has 0 amide bonds. The van der Waals surface area contributed by atoms with Crippen molar-refractivity contribution in [2.45, 2.75) is 0 Å². The Bertz CT molecular complexity index is 172. The second kappa shape index (κ2) is 1.06. The molecule has 0 N–H and O–H groups in total. The molecule has 0 aliphatic rings. The lowest BCUT2D eigenvalue weighted by molar-refractivity contribution is 3.06. The molecule has 0 fully saturated rings. The number of hydrogen-bond acceptors (Lipinski definition) is 4. The van der Waals surface area contributed by atoms with Gasteiger partial charge in [0.2, 0.25) is 0 Å². The first-order valence-corrected chi connectivity index (χ1v) is 5.70. The maximum Gasteiger partial charge on any atom is 0.130 e. The third-order valence-corrected chi connectivity index (χ3v) is 7.42. The van der Waals surface area contributed by atoms with Gasteiger partial charge in [-0.2, -0.15) is 0 Å². The van der Waals surface area contributed by atoms with Crippen LogP contribution in [0.3, 0.4) is 0 Å². The van der Waals surface area contributed by atoms with E-state index in [4.69, 9.17) is 0 Å². The quantitative estimate of drug-likeness (QED) is 0.509. The van der Waals surface area contributed by atoms with Gasteiger partial charge in [0.05, 0.1) is 0 Å². The molecule has 0 aromatic carbocycles. The fourth-order valence-electron chi connectivity index (χ4n) is 0.247. The summed E-state index contributed by atoms with van der Waals surface area (Å²) in [6.45, 7) is 0. The highest BCUT2D eigenvalue weighted by molar-refractivity contribution is 7.98. The second-order valence-corrected chi connectivity index (χ2v) is 5.72. The van der Waals surface area contributed by atoms with Gasteiger partial charge in [-0.05, 0) is 0 Å². The van der Waals surface area contributed by atoms with Crippen LogP contribution in [-0.2, 0) is 0 Å². The van der Waals surface area contributed by atoms with Crippen molar-refractivity contribution < 1.29 is 0 Å². The van der Waals surface area contributed by atoms with Gasteiger partial charge in [-0.15, -0.1) is 0 Å². The Morgan fingerprint density at radius 3 is 1.00 bits per heavy atom. The highest BCUT2D eigenvalue weighted by Gasteiger charge is 2.01. The van der Waals surface area contributed by atoms with Crippen LogP contribution in [0.1, 0.15) is 0 Å². The zero-order valence-electron chi connectivity index (χ0n) is 2.63. The highest BCUT2D eigenvalue weighted by atomic mass is 33.0. The summed E-state index contributed by atoms with van der Waals surface area (Å²) in [6, 6.07) is 0. The Kier molecular flexibility index (Phi) is 0.638. The smallest absolute Gasteiger partial charge is 0.0648 e. The van der Waals surface area contributed by atoms with Crippen LogP contribution < -0.4 is 0 Å². The van der Waals surface area contributed by atoms with Crippen LogP contribution in [0.4, 0.5) is 0 Å². The molecule has 0 radical (unpaired) electrons. The van der Waals surface area contributed by atoms with E-state index >= 15 is 0 Å². The van der Waals surface area contributed by atoms with Crippen LogP contribution in [0.2, 0.25) is 0 Å². The molecule has 0 saturated heterocycles. The third kappa shape index (κ3) is 0.283. The van der Waals surface area contributed by atoms with Gasteiger partial charge in [-0.25, -0.2) is 0 Å². The first kappa shape index (κ1) is 3.60. The molecular formula is C2S4. The summed E-state index contributed by atoms with van der Waals surface area (Å²) >= 11 is 0.